The SMILES string of the molecule is CC(C)(O)c1csc(/[SH](=O)=N/C(=O)Nc2cc(CC(F)(F)F)nc3c2CCC3)c1. The first-order valence-electron chi connectivity index (χ1n) is 8.82. The highest BCUT2D eigenvalue weighted by molar-refractivity contribution is 7.78. The molecule has 0 aromatic carbocycles. The number of alkyl halides is 3. The van der Waals surface area contributed by atoms with Crippen LogP contribution in [0.4, 0.5) is 23.7 Å². The molecule has 11 heteroatoms. The number of fused-ring (bicyclic) bond motifs is 1. The summed E-state index contributed by atoms with van der Waals surface area (Å²) in [6.07, 6.45) is -3.73. The quantitative estimate of drug-likeness (QED) is 0.612. The van der Waals surface area contributed by atoms with Crippen molar-refractivity contribution >= 4 is 33.7 Å². The number of urea groups is 1. The van der Waals surface area contributed by atoms with Gasteiger partial charge in [0.1, 0.15) is 0 Å². The molecule has 2 heterocycles. The summed E-state index contributed by atoms with van der Waals surface area (Å²) < 4.78 is 54.5. The van der Waals surface area contributed by atoms with Gasteiger partial charge in [-0.15, -0.1) is 15.7 Å². The average molecular weight is 448 g/mol. The van der Waals surface area contributed by atoms with Gasteiger partial charge in [0.25, 0.3) is 0 Å². The van der Waals surface area contributed by atoms with Crippen molar-refractivity contribution in [3.63, 3.8) is 0 Å². The molecule has 2 aromatic heterocycles. The van der Waals surface area contributed by atoms with Crippen molar-refractivity contribution in [2.45, 2.75) is 55.5 Å². The van der Waals surface area contributed by atoms with Gasteiger partial charge < -0.3 is 10.4 Å². The maximum Gasteiger partial charge on any atom is 0.394 e. The lowest BCUT2D eigenvalue weighted by molar-refractivity contribution is -0.127. The number of thiol groups is 1. The first-order valence-corrected chi connectivity index (χ1v) is 10.9. The number of anilines is 1. The molecule has 2 aromatic rings. The van der Waals surface area contributed by atoms with E-state index in [0.29, 0.717) is 33.9 Å². The lowest BCUT2D eigenvalue weighted by atomic mass is 10.0. The number of aryl methyl sites for hydroxylation is 1. The van der Waals surface area contributed by atoms with Crippen molar-refractivity contribution in [1.29, 1.82) is 0 Å². The molecular formula is C18H20F3N3O3S2. The number of nitrogens with zero attached hydrogens (tertiary/aromatic N) is 2. The second-order valence-electron chi connectivity index (χ2n) is 7.27. The van der Waals surface area contributed by atoms with Crippen LogP contribution in [0.1, 0.15) is 42.8 Å². The summed E-state index contributed by atoms with van der Waals surface area (Å²) in [5.41, 5.74) is 0.729. The summed E-state index contributed by atoms with van der Waals surface area (Å²) in [5.74, 6) is 0. The van der Waals surface area contributed by atoms with Crippen molar-refractivity contribution < 1.29 is 27.3 Å². The minimum Gasteiger partial charge on any atom is -0.386 e. The maximum absolute atomic E-state index is 12.7. The van der Waals surface area contributed by atoms with E-state index in [4.69, 9.17) is 0 Å². The Kier molecular flexibility index (Phi) is 6.02. The van der Waals surface area contributed by atoms with E-state index in [2.05, 4.69) is 14.7 Å². The van der Waals surface area contributed by atoms with Gasteiger partial charge in [-0.3, -0.25) is 4.98 Å². The van der Waals surface area contributed by atoms with Crippen LogP contribution in [0.25, 0.3) is 0 Å². The molecule has 3 rings (SSSR count). The Labute approximate surface area is 171 Å². The number of hydrogen-bond acceptors (Lipinski definition) is 5. The van der Waals surface area contributed by atoms with E-state index >= 15 is 0 Å². The van der Waals surface area contributed by atoms with Crippen LogP contribution in [-0.2, 0) is 35.5 Å². The fraction of sp³-hybridized carbons (Fsp3) is 0.444. The Balaban J connectivity index is 1.82. The lowest BCUT2D eigenvalue weighted by Gasteiger charge is -2.14. The zero-order chi connectivity index (χ0) is 21.4. The van der Waals surface area contributed by atoms with Crippen LogP contribution < -0.4 is 5.32 Å². The van der Waals surface area contributed by atoms with Crippen LogP contribution in [0, 0.1) is 0 Å². The number of carbonyl (C=O) groups excluding carboxylic acids is 1. The van der Waals surface area contributed by atoms with Crippen molar-refractivity contribution in [3.8, 4) is 0 Å². The summed E-state index contributed by atoms with van der Waals surface area (Å²) in [7, 11) is -2.40. The average Bonchev–Trinajstić information content (AvgIpc) is 3.21. The number of aliphatic hydroxyl groups is 1. The van der Waals surface area contributed by atoms with E-state index in [1.165, 1.54) is 12.1 Å². The third-order valence-electron chi connectivity index (χ3n) is 4.39. The number of pyridine rings is 1. The predicted molar refractivity (Wildman–Crippen MR) is 105 cm³/mol. The molecule has 0 aliphatic heterocycles. The fourth-order valence-electron chi connectivity index (χ4n) is 3.03. The normalized spacial score (nSPS) is 15.4. The van der Waals surface area contributed by atoms with Crippen LogP contribution in [0.3, 0.4) is 0 Å². The molecule has 0 saturated carbocycles. The van der Waals surface area contributed by atoms with Crippen LogP contribution in [0.2, 0.25) is 0 Å². The molecule has 1 aliphatic carbocycles. The summed E-state index contributed by atoms with van der Waals surface area (Å²) >= 11 is 1.11. The van der Waals surface area contributed by atoms with Crippen LogP contribution in [-0.4, -0.2) is 26.5 Å². The number of aromatic nitrogens is 1. The minimum atomic E-state index is -4.41. The molecule has 6 nitrogen and oxygen atoms in total. The third-order valence-corrected chi connectivity index (χ3v) is 6.77. The van der Waals surface area contributed by atoms with Crippen LogP contribution in [0.5, 0.6) is 0 Å². The van der Waals surface area contributed by atoms with Crippen LogP contribution in [0.15, 0.2) is 26.1 Å². The van der Waals surface area contributed by atoms with Gasteiger partial charge in [0.2, 0.25) is 0 Å². The topological polar surface area (TPSA) is 91.6 Å². The summed E-state index contributed by atoms with van der Waals surface area (Å²) in [4.78, 5) is 16.3. The van der Waals surface area contributed by atoms with E-state index in [9.17, 15) is 27.3 Å². The Bertz CT molecular complexity index is 1020. The summed E-state index contributed by atoms with van der Waals surface area (Å²) in [6, 6.07) is 1.82. The van der Waals surface area contributed by atoms with E-state index in [1.807, 2.05) is 0 Å². The molecular weight excluding hydrogens is 427 g/mol. The maximum atomic E-state index is 12.7. The first kappa shape index (κ1) is 21.7. The van der Waals surface area contributed by atoms with Crippen molar-refractivity contribution in [2.75, 3.05) is 5.32 Å². The molecule has 0 bridgehead atoms. The fourth-order valence-corrected chi connectivity index (χ4v) is 5.03. The standard InChI is InChI=1S/C18H20F3N3O3S2/c1-17(2,26)10-6-15(28-9-10)29(27)24-16(25)23-14-7-11(8-18(19,20)21)22-13-5-3-4-12(13)14/h6-7,9,26,29H,3-5,8H2,1-2H3,(H,22,23,25). The Hall–Kier alpha value is -1.98. The second kappa shape index (κ2) is 8.04. The Morgan fingerprint density at radius 3 is 2.69 bits per heavy atom. The third kappa shape index (κ3) is 5.55. The largest absolute Gasteiger partial charge is 0.394 e. The molecule has 29 heavy (non-hydrogen) atoms. The van der Waals surface area contributed by atoms with Crippen molar-refractivity contribution in [3.05, 3.63) is 40.0 Å². The monoisotopic (exact) mass is 447 g/mol. The summed E-state index contributed by atoms with van der Waals surface area (Å²) in [5, 5.41) is 14.1. The lowest BCUT2D eigenvalue weighted by Crippen LogP contribution is -2.15. The molecule has 158 valence electrons. The Morgan fingerprint density at radius 1 is 1.34 bits per heavy atom. The van der Waals surface area contributed by atoms with Gasteiger partial charge in [-0.1, -0.05) is 0 Å². The number of thiophene rings is 1. The highest BCUT2D eigenvalue weighted by Gasteiger charge is 2.30. The second-order valence-corrected chi connectivity index (χ2v) is 9.71. The molecule has 2 amide bonds. The molecule has 1 aliphatic rings. The Morgan fingerprint density at radius 2 is 2.07 bits per heavy atom. The molecule has 0 saturated heterocycles. The first-order chi connectivity index (χ1) is 13.4. The molecule has 1 atom stereocenters. The van der Waals surface area contributed by atoms with Crippen LogP contribution >= 0.6 is 11.3 Å². The number of halogens is 3. The molecule has 0 fully saturated rings. The van der Waals surface area contributed by atoms with Crippen molar-refractivity contribution in [2.24, 2.45) is 4.36 Å². The van der Waals surface area contributed by atoms with Gasteiger partial charge in [-0.2, -0.15) is 13.2 Å². The molecule has 1 unspecified atom stereocenters. The molecule has 2 N–H and O–H groups in total. The highest BCUT2D eigenvalue weighted by atomic mass is 32.2. The van der Waals surface area contributed by atoms with Gasteiger partial charge >= 0.3 is 12.2 Å². The minimum absolute atomic E-state index is 0.175. The number of hydrogen-bond donors (Lipinski definition) is 3. The smallest absolute Gasteiger partial charge is 0.386 e. The van der Waals surface area contributed by atoms with Gasteiger partial charge in [0.15, 0.2) is 0 Å². The molecule has 0 spiro atoms. The van der Waals surface area contributed by atoms with E-state index < -0.39 is 34.8 Å². The summed E-state index contributed by atoms with van der Waals surface area (Å²) in [6.45, 7) is 3.16. The van der Waals surface area contributed by atoms with Gasteiger partial charge in [-0.05, 0) is 61.7 Å². The van der Waals surface area contributed by atoms with Crippen molar-refractivity contribution in [1.82, 2.24) is 4.98 Å². The highest BCUT2D eigenvalue weighted by Crippen LogP contribution is 2.31. The van der Waals surface area contributed by atoms with E-state index in [-0.39, 0.29) is 11.4 Å². The van der Waals surface area contributed by atoms with E-state index in [0.717, 1.165) is 17.8 Å². The molecule has 0 radical (unpaired) electrons. The van der Waals surface area contributed by atoms with Gasteiger partial charge in [0, 0.05) is 11.4 Å². The van der Waals surface area contributed by atoms with Gasteiger partial charge in [0.05, 0.1) is 32.5 Å². The number of nitrogens with one attached hydrogen (secondary N) is 1. The number of carbonyl (C=O) groups is 1. The zero-order valence-electron chi connectivity index (χ0n) is 15.7. The van der Waals surface area contributed by atoms with E-state index in [1.54, 1.807) is 19.2 Å². The number of rotatable bonds is 4. The zero-order valence-corrected chi connectivity index (χ0v) is 17.4. The van der Waals surface area contributed by atoms with Gasteiger partial charge in [-0.25, -0.2) is 9.00 Å². The predicted octanol–water partition coefficient (Wildman–Crippen LogP) is 4.22. The number of amides is 2.